The Hall–Kier alpha value is -1.85. The third kappa shape index (κ3) is 20.1. The average molecular weight is 314 g/mol. The van der Waals surface area contributed by atoms with Crippen molar-refractivity contribution < 1.29 is 9.90 Å². The highest BCUT2D eigenvalue weighted by Crippen LogP contribution is 2.08. The molecule has 0 aliphatic heterocycles. The molecule has 0 amide bonds. The number of carboxylic acids is 1. The Morgan fingerprint density at radius 1 is 0.696 bits per heavy atom. The van der Waals surface area contributed by atoms with Gasteiger partial charge in [-0.3, -0.25) is 4.79 Å². The van der Waals surface area contributed by atoms with Crippen molar-refractivity contribution >= 4 is 5.97 Å². The van der Waals surface area contributed by atoms with Crippen molar-refractivity contribution in [2.75, 3.05) is 0 Å². The molecule has 0 aliphatic rings. The fourth-order valence-corrected chi connectivity index (χ4v) is 2.20. The number of rotatable bonds is 13. The summed E-state index contributed by atoms with van der Waals surface area (Å²) in [6.45, 7) is 0. The maximum atomic E-state index is 10.3. The first-order valence-electron chi connectivity index (χ1n) is 8.88. The highest BCUT2D eigenvalue weighted by atomic mass is 16.4. The maximum absolute atomic E-state index is 10.3. The van der Waals surface area contributed by atoms with E-state index in [2.05, 4.69) is 29.6 Å². The predicted molar refractivity (Wildman–Crippen MR) is 96.7 cm³/mol. The molecule has 2 heteroatoms. The summed E-state index contributed by atoms with van der Waals surface area (Å²) < 4.78 is 0. The van der Waals surface area contributed by atoms with Crippen molar-refractivity contribution in [2.45, 2.75) is 89.9 Å². The molecule has 1 N–H and O–H groups in total. The highest BCUT2D eigenvalue weighted by molar-refractivity contribution is 5.66. The van der Waals surface area contributed by atoms with E-state index in [9.17, 15) is 4.79 Å². The molecule has 0 spiro atoms. The van der Waals surface area contributed by atoms with Crippen LogP contribution >= 0.6 is 0 Å². The lowest BCUT2D eigenvalue weighted by molar-refractivity contribution is -0.137. The molecule has 0 heterocycles. The number of terminal acetylenes is 1. The molecule has 0 aliphatic carbocycles. The summed E-state index contributed by atoms with van der Waals surface area (Å²) in [6, 6.07) is 0. The van der Waals surface area contributed by atoms with Crippen LogP contribution in [-0.4, -0.2) is 11.1 Å². The van der Waals surface area contributed by atoms with E-state index in [1.54, 1.807) is 0 Å². The van der Waals surface area contributed by atoms with Crippen LogP contribution in [0.1, 0.15) is 89.9 Å². The number of carboxylic acid groups (broad SMARTS) is 1. The number of aliphatic carboxylic acids is 1. The second-order valence-electron chi connectivity index (χ2n) is 5.74. The van der Waals surface area contributed by atoms with Gasteiger partial charge < -0.3 is 5.11 Å². The summed E-state index contributed by atoms with van der Waals surface area (Å²) in [5, 5.41) is 8.52. The molecule has 0 aromatic rings. The maximum Gasteiger partial charge on any atom is 0.303 e. The Kier molecular flexibility index (Phi) is 16.7. The Balaban J connectivity index is 3.28. The Morgan fingerprint density at radius 3 is 1.61 bits per heavy atom. The molecule has 126 valence electrons. The van der Waals surface area contributed by atoms with Gasteiger partial charge in [0.2, 0.25) is 0 Å². The van der Waals surface area contributed by atoms with Crippen molar-refractivity contribution in [3.05, 3.63) is 0 Å². The molecule has 0 bridgehead atoms. The van der Waals surface area contributed by atoms with Crippen molar-refractivity contribution in [3.63, 3.8) is 0 Å². The van der Waals surface area contributed by atoms with Crippen LogP contribution in [0.5, 0.6) is 0 Å². The van der Waals surface area contributed by atoms with Gasteiger partial charge in [0.15, 0.2) is 0 Å². The minimum Gasteiger partial charge on any atom is -0.481 e. The quantitative estimate of drug-likeness (QED) is 0.376. The van der Waals surface area contributed by atoms with Crippen LogP contribution in [0.2, 0.25) is 0 Å². The van der Waals surface area contributed by atoms with Gasteiger partial charge in [-0.25, -0.2) is 0 Å². The molecular formula is C21H30O2. The summed E-state index contributed by atoms with van der Waals surface area (Å²) in [5.41, 5.74) is 0. The van der Waals surface area contributed by atoms with Crippen LogP contribution in [-0.2, 0) is 4.79 Å². The highest BCUT2D eigenvalue weighted by Gasteiger charge is 1.96. The van der Waals surface area contributed by atoms with Crippen molar-refractivity contribution in [3.8, 4) is 36.0 Å². The number of hydrogen-bond donors (Lipinski definition) is 1. The lowest BCUT2D eigenvalue weighted by atomic mass is 10.1. The monoisotopic (exact) mass is 314 g/mol. The van der Waals surface area contributed by atoms with Gasteiger partial charge in [-0.05, 0) is 37.5 Å². The topological polar surface area (TPSA) is 37.3 Å². The molecule has 0 atom stereocenters. The van der Waals surface area contributed by atoms with Crippen molar-refractivity contribution in [2.24, 2.45) is 0 Å². The summed E-state index contributed by atoms with van der Waals surface area (Å²) in [4.78, 5) is 10.3. The first kappa shape index (κ1) is 21.1. The first-order chi connectivity index (χ1) is 11.3. The van der Waals surface area contributed by atoms with Crippen LogP contribution < -0.4 is 0 Å². The summed E-state index contributed by atoms with van der Waals surface area (Å²) >= 11 is 0. The second kappa shape index (κ2) is 18.2. The van der Waals surface area contributed by atoms with Crippen LogP contribution in [0.15, 0.2) is 0 Å². The van der Waals surface area contributed by atoms with Crippen LogP contribution in [0.4, 0.5) is 0 Å². The fourth-order valence-electron chi connectivity index (χ4n) is 2.20. The van der Waals surface area contributed by atoms with Gasteiger partial charge in [0, 0.05) is 25.7 Å². The summed E-state index contributed by atoms with van der Waals surface area (Å²) in [6.07, 6.45) is 19.3. The van der Waals surface area contributed by atoms with Gasteiger partial charge in [-0.2, -0.15) is 0 Å². The van der Waals surface area contributed by atoms with E-state index in [1.807, 2.05) is 0 Å². The molecule has 0 saturated carbocycles. The van der Waals surface area contributed by atoms with Gasteiger partial charge >= 0.3 is 5.97 Å². The van der Waals surface area contributed by atoms with Gasteiger partial charge in [-0.1, -0.05) is 50.4 Å². The summed E-state index contributed by atoms with van der Waals surface area (Å²) in [7, 11) is 0. The van der Waals surface area contributed by atoms with E-state index < -0.39 is 5.97 Å². The number of hydrogen-bond acceptors (Lipinski definition) is 1. The smallest absolute Gasteiger partial charge is 0.303 e. The zero-order chi connectivity index (χ0) is 17.0. The minimum absolute atomic E-state index is 0.301. The lowest BCUT2D eigenvalue weighted by Crippen LogP contribution is -1.93. The van der Waals surface area contributed by atoms with E-state index >= 15 is 0 Å². The Morgan fingerprint density at radius 2 is 1.13 bits per heavy atom. The summed E-state index contributed by atoms with van der Waals surface area (Å²) in [5.74, 6) is 14.0. The fraction of sp³-hybridized carbons (Fsp3) is 0.667. The normalized spacial score (nSPS) is 9.17. The largest absolute Gasteiger partial charge is 0.481 e. The molecular weight excluding hydrogens is 284 g/mol. The molecule has 2 nitrogen and oxygen atoms in total. The van der Waals surface area contributed by atoms with Crippen molar-refractivity contribution in [1.29, 1.82) is 0 Å². The second-order valence-corrected chi connectivity index (χ2v) is 5.74. The molecule has 0 rings (SSSR count). The van der Waals surface area contributed by atoms with Crippen LogP contribution in [0.3, 0.4) is 0 Å². The van der Waals surface area contributed by atoms with Gasteiger partial charge in [0.05, 0.1) is 0 Å². The SMILES string of the molecule is C#CCCCCCCC#CC#CCCCCCCCCC(=O)O. The Bertz CT molecular complexity index is 448. The van der Waals surface area contributed by atoms with Gasteiger partial charge in [0.1, 0.15) is 0 Å². The van der Waals surface area contributed by atoms with E-state index in [-0.39, 0.29) is 0 Å². The molecule has 0 saturated heterocycles. The first-order valence-corrected chi connectivity index (χ1v) is 8.88. The third-order valence-corrected chi connectivity index (χ3v) is 3.55. The van der Waals surface area contributed by atoms with E-state index in [0.717, 1.165) is 57.8 Å². The van der Waals surface area contributed by atoms with Crippen LogP contribution in [0.25, 0.3) is 0 Å². The molecule has 0 fully saturated rings. The van der Waals surface area contributed by atoms with Gasteiger partial charge in [-0.15, -0.1) is 12.3 Å². The Labute approximate surface area is 142 Å². The van der Waals surface area contributed by atoms with Crippen molar-refractivity contribution in [1.82, 2.24) is 0 Å². The zero-order valence-electron chi connectivity index (χ0n) is 14.3. The molecule has 23 heavy (non-hydrogen) atoms. The van der Waals surface area contributed by atoms with Crippen LogP contribution in [0, 0.1) is 36.0 Å². The average Bonchev–Trinajstić information content (AvgIpc) is 2.53. The standard InChI is InChI=1S/C21H30O2/c1-2-3-4-5-6-7-8-9-10-11-12-13-14-15-16-17-18-19-20-21(22)23/h1H,3-8,13-20H2,(H,22,23). The molecule has 0 aromatic heterocycles. The third-order valence-electron chi connectivity index (χ3n) is 3.55. The van der Waals surface area contributed by atoms with E-state index in [1.165, 1.54) is 25.7 Å². The lowest BCUT2D eigenvalue weighted by Gasteiger charge is -1.98. The number of carbonyl (C=O) groups is 1. The molecule has 0 aromatic carbocycles. The molecule has 0 unspecified atom stereocenters. The molecule has 0 radical (unpaired) electrons. The van der Waals surface area contributed by atoms with E-state index in [0.29, 0.717) is 6.42 Å². The predicted octanol–water partition coefficient (Wildman–Crippen LogP) is 5.17. The van der Waals surface area contributed by atoms with Gasteiger partial charge in [0.25, 0.3) is 0 Å². The minimum atomic E-state index is -0.690. The number of unbranched alkanes of at least 4 members (excludes halogenated alkanes) is 11. The van der Waals surface area contributed by atoms with E-state index in [4.69, 9.17) is 11.5 Å². The zero-order valence-corrected chi connectivity index (χ0v) is 14.3.